The highest BCUT2D eigenvalue weighted by atomic mass is 15.4. The highest BCUT2D eigenvalue weighted by Gasteiger charge is 2.41. The maximum absolute atomic E-state index is 2.65. The highest BCUT2D eigenvalue weighted by molar-refractivity contribution is 5.64. The van der Waals surface area contributed by atoms with Gasteiger partial charge in [0.1, 0.15) is 6.17 Å². The monoisotopic (exact) mass is 364 g/mol. The van der Waals surface area contributed by atoms with Gasteiger partial charge in [-0.25, -0.2) is 0 Å². The van der Waals surface area contributed by atoms with Crippen molar-refractivity contribution in [3.63, 3.8) is 0 Å². The third kappa shape index (κ3) is 3.85. The Morgan fingerprint density at radius 2 is 1.07 bits per heavy atom. The highest BCUT2D eigenvalue weighted by Crippen LogP contribution is 2.41. The minimum atomic E-state index is 0.144. The zero-order valence-electron chi connectivity index (χ0n) is 18.2. The number of rotatable bonds is 4. The molecule has 0 amide bonds. The number of hydrogen-bond acceptors (Lipinski definition) is 2. The summed E-state index contributed by atoms with van der Waals surface area (Å²) < 4.78 is 0. The van der Waals surface area contributed by atoms with E-state index in [1.54, 1.807) is 0 Å². The summed E-state index contributed by atoms with van der Waals surface area (Å²) in [4.78, 5) is 5.29. The molecule has 0 atom stereocenters. The van der Waals surface area contributed by atoms with Crippen molar-refractivity contribution in [3.05, 3.63) is 59.7 Å². The van der Waals surface area contributed by atoms with Gasteiger partial charge in [0.15, 0.2) is 0 Å². The first-order chi connectivity index (χ1) is 12.7. The SMILES string of the molecule is CC(C)c1ccccc1N1CCN(c2ccccc2C(C)C)C1C(C)(C)C. The predicted molar refractivity (Wildman–Crippen MR) is 119 cm³/mol. The quantitative estimate of drug-likeness (QED) is 0.600. The lowest BCUT2D eigenvalue weighted by Gasteiger charge is -2.43. The largest absolute Gasteiger partial charge is 0.349 e. The molecule has 2 nitrogen and oxygen atoms in total. The molecular formula is C25H36N2. The van der Waals surface area contributed by atoms with Crippen molar-refractivity contribution < 1.29 is 0 Å². The molecule has 1 saturated heterocycles. The number of nitrogens with zero attached hydrogens (tertiary/aromatic N) is 2. The van der Waals surface area contributed by atoms with Gasteiger partial charge in [0.05, 0.1) is 0 Å². The fourth-order valence-corrected chi connectivity index (χ4v) is 4.54. The van der Waals surface area contributed by atoms with Gasteiger partial charge in [0.25, 0.3) is 0 Å². The van der Waals surface area contributed by atoms with Gasteiger partial charge in [-0.15, -0.1) is 0 Å². The summed E-state index contributed by atoms with van der Waals surface area (Å²) in [6.45, 7) is 18.5. The summed E-state index contributed by atoms with van der Waals surface area (Å²) in [7, 11) is 0. The van der Waals surface area contributed by atoms with Crippen LogP contribution in [0.2, 0.25) is 0 Å². The predicted octanol–water partition coefficient (Wildman–Crippen LogP) is 6.63. The minimum absolute atomic E-state index is 0.144. The van der Waals surface area contributed by atoms with Crippen LogP contribution in [0.25, 0.3) is 0 Å². The van der Waals surface area contributed by atoms with Crippen LogP contribution in [0.4, 0.5) is 11.4 Å². The molecule has 146 valence electrons. The van der Waals surface area contributed by atoms with Crippen LogP contribution in [0.5, 0.6) is 0 Å². The fourth-order valence-electron chi connectivity index (χ4n) is 4.54. The Kier molecular flexibility index (Phi) is 5.55. The third-order valence-electron chi connectivity index (χ3n) is 5.68. The maximum atomic E-state index is 2.65. The van der Waals surface area contributed by atoms with E-state index in [9.17, 15) is 0 Å². The van der Waals surface area contributed by atoms with Gasteiger partial charge in [0, 0.05) is 29.9 Å². The summed E-state index contributed by atoms with van der Waals surface area (Å²) in [6.07, 6.45) is 0.345. The molecule has 0 spiro atoms. The first kappa shape index (κ1) is 19.8. The second kappa shape index (κ2) is 7.58. The molecule has 1 aliphatic heterocycles. The molecule has 0 aliphatic carbocycles. The van der Waals surface area contributed by atoms with E-state index in [1.807, 2.05) is 0 Å². The molecule has 1 fully saturated rings. The Hall–Kier alpha value is -1.96. The summed E-state index contributed by atoms with van der Waals surface area (Å²) in [5, 5.41) is 0. The van der Waals surface area contributed by atoms with Crippen LogP contribution in [0.15, 0.2) is 48.5 Å². The van der Waals surface area contributed by atoms with Crippen LogP contribution in [0.1, 0.15) is 71.4 Å². The lowest BCUT2D eigenvalue weighted by atomic mass is 9.89. The molecule has 1 heterocycles. The average molecular weight is 365 g/mol. The van der Waals surface area contributed by atoms with Gasteiger partial charge in [0.2, 0.25) is 0 Å². The van der Waals surface area contributed by atoms with Crippen molar-refractivity contribution in [1.82, 2.24) is 0 Å². The van der Waals surface area contributed by atoms with Gasteiger partial charge in [-0.05, 0) is 35.1 Å². The van der Waals surface area contributed by atoms with Gasteiger partial charge in [-0.3, -0.25) is 0 Å². The molecule has 2 aromatic rings. The molecule has 0 unspecified atom stereocenters. The topological polar surface area (TPSA) is 6.48 Å². The van der Waals surface area contributed by atoms with E-state index in [2.05, 4.69) is 107 Å². The average Bonchev–Trinajstić information content (AvgIpc) is 3.06. The molecule has 0 N–H and O–H groups in total. The Morgan fingerprint density at radius 3 is 1.41 bits per heavy atom. The van der Waals surface area contributed by atoms with Crippen molar-refractivity contribution in [2.75, 3.05) is 22.9 Å². The van der Waals surface area contributed by atoms with Crippen LogP contribution in [0, 0.1) is 5.41 Å². The zero-order valence-corrected chi connectivity index (χ0v) is 18.2. The number of anilines is 2. The van der Waals surface area contributed by atoms with Crippen molar-refractivity contribution >= 4 is 11.4 Å². The molecule has 2 aromatic carbocycles. The van der Waals surface area contributed by atoms with E-state index in [0.717, 1.165) is 13.1 Å². The van der Waals surface area contributed by atoms with Gasteiger partial charge >= 0.3 is 0 Å². The standard InChI is InChI=1S/C25H36N2/c1-18(2)20-12-8-10-14-22(20)26-16-17-27(24(26)25(5,6)7)23-15-11-9-13-21(23)19(3)4/h8-15,18-19,24H,16-17H2,1-7H3. The fraction of sp³-hybridized carbons (Fsp3) is 0.520. The third-order valence-corrected chi connectivity index (χ3v) is 5.68. The van der Waals surface area contributed by atoms with E-state index < -0.39 is 0 Å². The second-order valence-corrected chi connectivity index (χ2v) is 9.55. The summed E-state index contributed by atoms with van der Waals surface area (Å²) in [6, 6.07) is 17.9. The van der Waals surface area contributed by atoms with Crippen LogP contribution in [-0.2, 0) is 0 Å². The number of hydrogen-bond donors (Lipinski definition) is 0. The first-order valence-electron chi connectivity index (χ1n) is 10.4. The van der Waals surface area contributed by atoms with E-state index in [0.29, 0.717) is 18.0 Å². The van der Waals surface area contributed by atoms with Crippen molar-refractivity contribution in [1.29, 1.82) is 0 Å². The summed E-state index contributed by atoms with van der Waals surface area (Å²) in [5.41, 5.74) is 5.84. The molecule has 3 rings (SSSR count). The molecule has 0 radical (unpaired) electrons. The summed E-state index contributed by atoms with van der Waals surface area (Å²) in [5.74, 6) is 1.05. The second-order valence-electron chi connectivity index (χ2n) is 9.55. The van der Waals surface area contributed by atoms with Crippen LogP contribution in [-0.4, -0.2) is 19.3 Å². The Bertz CT molecular complexity index is 710. The van der Waals surface area contributed by atoms with E-state index in [-0.39, 0.29) is 5.41 Å². The lowest BCUT2D eigenvalue weighted by molar-refractivity contribution is 0.322. The Balaban J connectivity index is 2.08. The Morgan fingerprint density at radius 1 is 0.704 bits per heavy atom. The van der Waals surface area contributed by atoms with Crippen molar-refractivity contribution in [3.8, 4) is 0 Å². The zero-order chi connectivity index (χ0) is 19.8. The molecule has 2 heteroatoms. The van der Waals surface area contributed by atoms with Crippen LogP contribution < -0.4 is 9.80 Å². The number of benzene rings is 2. The maximum Gasteiger partial charge on any atom is 0.107 e. The molecule has 27 heavy (non-hydrogen) atoms. The van der Waals surface area contributed by atoms with Crippen molar-refractivity contribution in [2.24, 2.45) is 5.41 Å². The summed E-state index contributed by atoms with van der Waals surface area (Å²) >= 11 is 0. The smallest absolute Gasteiger partial charge is 0.107 e. The van der Waals surface area contributed by atoms with Gasteiger partial charge in [-0.1, -0.05) is 84.9 Å². The van der Waals surface area contributed by atoms with Crippen LogP contribution in [0.3, 0.4) is 0 Å². The lowest BCUT2D eigenvalue weighted by Crippen LogP contribution is -2.49. The molecular weight excluding hydrogens is 328 g/mol. The van der Waals surface area contributed by atoms with E-state index in [1.165, 1.54) is 22.5 Å². The Labute approximate surface area is 166 Å². The molecule has 0 bridgehead atoms. The minimum Gasteiger partial charge on any atom is -0.349 e. The molecule has 0 saturated carbocycles. The molecule has 1 aliphatic rings. The van der Waals surface area contributed by atoms with Crippen LogP contribution >= 0.6 is 0 Å². The first-order valence-corrected chi connectivity index (χ1v) is 10.4. The normalized spacial score (nSPS) is 16.0. The van der Waals surface area contributed by atoms with Crippen molar-refractivity contribution in [2.45, 2.75) is 66.5 Å². The van der Waals surface area contributed by atoms with E-state index in [4.69, 9.17) is 0 Å². The molecule has 0 aromatic heterocycles. The van der Waals surface area contributed by atoms with E-state index >= 15 is 0 Å². The van der Waals surface area contributed by atoms with Gasteiger partial charge in [-0.2, -0.15) is 0 Å². The number of para-hydroxylation sites is 2. The van der Waals surface area contributed by atoms with Gasteiger partial charge < -0.3 is 9.80 Å².